The highest BCUT2D eigenvalue weighted by molar-refractivity contribution is 5.80. The predicted molar refractivity (Wildman–Crippen MR) is 102 cm³/mol. The van der Waals surface area contributed by atoms with E-state index in [0.717, 1.165) is 38.6 Å². The van der Waals surface area contributed by atoms with E-state index in [0.29, 0.717) is 31.3 Å². The van der Waals surface area contributed by atoms with Gasteiger partial charge in [0.1, 0.15) is 0 Å². The summed E-state index contributed by atoms with van der Waals surface area (Å²) in [5, 5.41) is 6.40. The molecule has 1 atom stereocenters. The monoisotopic (exact) mass is 352 g/mol. The van der Waals surface area contributed by atoms with E-state index < -0.39 is 0 Å². The second-order valence-corrected chi connectivity index (χ2v) is 7.35. The standard InChI is InChI=1S/C19H36N4O2/c1-3-20-19(23-12-9-17(14-23)15-25-2)22-11-10-21-18(24)13-16-7-5-4-6-8-16/h16-17H,3-15H2,1-2H3,(H,20,22)(H,21,24). The molecule has 1 heterocycles. The van der Waals surface area contributed by atoms with Crippen LogP contribution in [0.2, 0.25) is 0 Å². The maximum atomic E-state index is 12.1. The van der Waals surface area contributed by atoms with Gasteiger partial charge in [-0.05, 0) is 32.1 Å². The molecule has 0 aromatic carbocycles. The first-order valence-electron chi connectivity index (χ1n) is 10.0. The summed E-state index contributed by atoms with van der Waals surface area (Å²) < 4.78 is 5.27. The van der Waals surface area contributed by atoms with Crippen LogP contribution in [0.4, 0.5) is 0 Å². The minimum absolute atomic E-state index is 0.188. The zero-order valence-electron chi connectivity index (χ0n) is 16.1. The molecule has 0 radical (unpaired) electrons. The minimum Gasteiger partial charge on any atom is -0.384 e. The highest BCUT2D eigenvalue weighted by Gasteiger charge is 2.24. The Labute approximate surface area is 152 Å². The number of methoxy groups -OCH3 is 1. The summed E-state index contributed by atoms with van der Waals surface area (Å²) >= 11 is 0. The number of hydrogen-bond donors (Lipinski definition) is 2. The van der Waals surface area contributed by atoms with Crippen molar-refractivity contribution >= 4 is 11.9 Å². The van der Waals surface area contributed by atoms with E-state index >= 15 is 0 Å². The highest BCUT2D eigenvalue weighted by Crippen LogP contribution is 2.25. The van der Waals surface area contributed by atoms with Crippen LogP contribution in [0.3, 0.4) is 0 Å². The first-order chi connectivity index (χ1) is 12.2. The molecule has 2 N–H and O–H groups in total. The molecule has 0 spiro atoms. The molecule has 1 amide bonds. The normalized spacial score (nSPS) is 22.2. The molecular weight excluding hydrogens is 316 g/mol. The number of guanidine groups is 1. The van der Waals surface area contributed by atoms with E-state index in [9.17, 15) is 4.79 Å². The van der Waals surface area contributed by atoms with E-state index in [1.807, 2.05) is 0 Å². The van der Waals surface area contributed by atoms with Gasteiger partial charge in [-0.25, -0.2) is 0 Å². The van der Waals surface area contributed by atoms with Gasteiger partial charge in [0.15, 0.2) is 5.96 Å². The van der Waals surface area contributed by atoms with Gasteiger partial charge < -0.3 is 20.3 Å². The highest BCUT2D eigenvalue weighted by atomic mass is 16.5. The summed E-state index contributed by atoms with van der Waals surface area (Å²) in [6, 6.07) is 0. The molecule has 1 saturated carbocycles. The average molecular weight is 353 g/mol. The lowest BCUT2D eigenvalue weighted by molar-refractivity contribution is -0.122. The first-order valence-corrected chi connectivity index (χ1v) is 10.0. The number of carbonyl (C=O) groups is 1. The van der Waals surface area contributed by atoms with Crippen LogP contribution in [0.5, 0.6) is 0 Å². The first kappa shape index (κ1) is 20.0. The number of amides is 1. The van der Waals surface area contributed by atoms with Crippen molar-refractivity contribution in [1.82, 2.24) is 15.5 Å². The van der Waals surface area contributed by atoms with Crippen LogP contribution in [0.25, 0.3) is 0 Å². The van der Waals surface area contributed by atoms with Gasteiger partial charge in [-0.1, -0.05) is 19.3 Å². The Balaban J connectivity index is 1.69. The van der Waals surface area contributed by atoms with Gasteiger partial charge in [-0.15, -0.1) is 0 Å². The quantitative estimate of drug-likeness (QED) is 0.398. The Hall–Kier alpha value is -1.30. The fraction of sp³-hybridized carbons (Fsp3) is 0.895. The van der Waals surface area contributed by atoms with E-state index in [-0.39, 0.29) is 5.91 Å². The van der Waals surface area contributed by atoms with Gasteiger partial charge in [0.05, 0.1) is 13.2 Å². The topological polar surface area (TPSA) is 66.0 Å². The SMILES string of the molecule is CCNC(=NCCNC(=O)CC1CCCCC1)N1CCC(COC)C1. The van der Waals surface area contributed by atoms with Crippen molar-refractivity contribution in [3.63, 3.8) is 0 Å². The lowest BCUT2D eigenvalue weighted by atomic mass is 9.87. The smallest absolute Gasteiger partial charge is 0.220 e. The molecule has 0 aromatic heterocycles. The molecule has 2 fully saturated rings. The third kappa shape index (κ3) is 7.22. The summed E-state index contributed by atoms with van der Waals surface area (Å²) in [7, 11) is 1.76. The van der Waals surface area contributed by atoms with Crippen LogP contribution in [-0.2, 0) is 9.53 Å². The second-order valence-electron chi connectivity index (χ2n) is 7.35. The molecule has 0 bridgehead atoms. The number of carbonyl (C=O) groups excluding carboxylic acids is 1. The molecule has 6 nitrogen and oxygen atoms in total. The predicted octanol–water partition coefficient (Wildman–Crippen LogP) is 2.01. The maximum absolute atomic E-state index is 12.1. The Morgan fingerprint density at radius 2 is 1.96 bits per heavy atom. The largest absolute Gasteiger partial charge is 0.384 e. The fourth-order valence-electron chi connectivity index (χ4n) is 3.91. The Morgan fingerprint density at radius 1 is 1.16 bits per heavy atom. The van der Waals surface area contributed by atoms with Crippen molar-refractivity contribution < 1.29 is 9.53 Å². The molecule has 25 heavy (non-hydrogen) atoms. The van der Waals surface area contributed by atoms with E-state index in [2.05, 4.69) is 27.4 Å². The van der Waals surface area contributed by atoms with Crippen molar-refractivity contribution in [2.24, 2.45) is 16.8 Å². The van der Waals surface area contributed by atoms with Crippen LogP contribution in [0, 0.1) is 11.8 Å². The molecule has 6 heteroatoms. The molecular formula is C19H36N4O2. The molecule has 2 aliphatic rings. The fourth-order valence-corrected chi connectivity index (χ4v) is 3.91. The number of likely N-dealkylation sites (tertiary alicyclic amines) is 1. The number of nitrogens with zero attached hydrogens (tertiary/aromatic N) is 2. The van der Waals surface area contributed by atoms with Crippen molar-refractivity contribution in [2.45, 2.75) is 51.9 Å². The summed E-state index contributed by atoms with van der Waals surface area (Å²) in [5.74, 6) is 2.33. The lowest BCUT2D eigenvalue weighted by Crippen LogP contribution is -2.41. The second kappa shape index (κ2) is 11.3. The molecule has 1 unspecified atom stereocenters. The Kier molecular flexibility index (Phi) is 9.08. The van der Waals surface area contributed by atoms with Crippen LogP contribution in [0.1, 0.15) is 51.9 Å². The number of hydrogen-bond acceptors (Lipinski definition) is 3. The van der Waals surface area contributed by atoms with Crippen molar-refractivity contribution in [3.05, 3.63) is 0 Å². The summed E-state index contributed by atoms with van der Waals surface area (Å²) in [6.07, 6.45) is 8.18. The molecule has 2 rings (SSSR count). The van der Waals surface area contributed by atoms with Gasteiger partial charge in [-0.2, -0.15) is 0 Å². The molecule has 1 aliphatic heterocycles. The van der Waals surface area contributed by atoms with Crippen LogP contribution < -0.4 is 10.6 Å². The van der Waals surface area contributed by atoms with Crippen LogP contribution >= 0.6 is 0 Å². The number of ether oxygens (including phenoxy) is 1. The Bertz CT molecular complexity index is 422. The van der Waals surface area contributed by atoms with Gasteiger partial charge in [0, 0.05) is 45.6 Å². The number of rotatable bonds is 8. The third-order valence-corrected chi connectivity index (χ3v) is 5.22. The third-order valence-electron chi connectivity index (χ3n) is 5.22. The van der Waals surface area contributed by atoms with Gasteiger partial charge >= 0.3 is 0 Å². The maximum Gasteiger partial charge on any atom is 0.220 e. The molecule has 144 valence electrons. The Morgan fingerprint density at radius 3 is 2.68 bits per heavy atom. The zero-order chi connectivity index (χ0) is 17.9. The average Bonchev–Trinajstić information content (AvgIpc) is 3.07. The van der Waals surface area contributed by atoms with Gasteiger partial charge in [0.2, 0.25) is 5.91 Å². The lowest BCUT2D eigenvalue weighted by Gasteiger charge is -2.22. The van der Waals surface area contributed by atoms with Crippen molar-refractivity contribution in [3.8, 4) is 0 Å². The van der Waals surface area contributed by atoms with Crippen LogP contribution in [0.15, 0.2) is 4.99 Å². The summed E-state index contributed by atoms with van der Waals surface area (Å²) in [4.78, 5) is 19.0. The van der Waals surface area contributed by atoms with Crippen molar-refractivity contribution in [2.75, 3.05) is 46.4 Å². The summed E-state index contributed by atoms with van der Waals surface area (Å²) in [6.45, 7) is 7.03. The molecule has 0 aromatic rings. The van der Waals surface area contributed by atoms with E-state index in [1.54, 1.807) is 7.11 Å². The van der Waals surface area contributed by atoms with Crippen molar-refractivity contribution in [1.29, 1.82) is 0 Å². The minimum atomic E-state index is 0.188. The van der Waals surface area contributed by atoms with Crippen LogP contribution in [-0.4, -0.2) is 63.2 Å². The van der Waals surface area contributed by atoms with E-state index in [4.69, 9.17) is 4.74 Å². The zero-order valence-corrected chi connectivity index (χ0v) is 16.1. The number of nitrogens with one attached hydrogen (secondary N) is 2. The van der Waals surface area contributed by atoms with E-state index in [1.165, 1.54) is 32.1 Å². The number of aliphatic imine (C=N–C) groups is 1. The molecule has 1 aliphatic carbocycles. The van der Waals surface area contributed by atoms with Gasteiger partial charge in [0.25, 0.3) is 0 Å². The summed E-state index contributed by atoms with van der Waals surface area (Å²) in [5.41, 5.74) is 0. The van der Waals surface area contributed by atoms with Gasteiger partial charge in [-0.3, -0.25) is 9.79 Å². The molecule has 1 saturated heterocycles.